The molecule has 0 aliphatic rings. The van der Waals surface area contributed by atoms with Crippen molar-refractivity contribution in [1.29, 1.82) is 0 Å². The van der Waals surface area contributed by atoms with Gasteiger partial charge in [0.25, 0.3) is 0 Å². The summed E-state index contributed by atoms with van der Waals surface area (Å²) in [6.07, 6.45) is 2.13. The van der Waals surface area contributed by atoms with Gasteiger partial charge in [-0.15, -0.1) is 0 Å². The Balaban J connectivity index is 2.18. The third kappa shape index (κ3) is 3.70. The molecule has 0 amide bonds. The van der Waals surface area contributed by atoms with Gasteiger partial charge in [-0.25, -0.2) is 0 Å². The van der Waals surface area contributed by atoms with Crippen LogP contribution in [-0.4, -0.2) is 9.97 Å². The molecule has 0 aliphatic carbocycles. The average Bonchev–Trinajstić information content (AvgIpc) is 2.97. The summed E-state index contributed by atoms with van der Waals surface area (Å²) >= 11 is 0. The second-order valence-electron chi connectivity index (χ2n) is 9.43. The van der Waals surface area contributed by atoms with E-state index in [9.17, 15) is 0 Å². The van der Waals surface area contributed by atoms with Crippen LogP contribution in [0.2, 0.25) is 0 Å². The molecule has 0 spiro atoms. The number of pyridine rings is 1. The molecule has 0 bridgehead atoms. The Morgan fingerprint density at radius 3 is 2.27 bits per heavy atom. The van der Waals surface area contributed by atoms with Crippen LogP contribution in [0.25, 0.3) is 22.3 Å². The van der Waals surface area contributed by atoms with Gasteiger partial charge >= 0.3 is 0 Å². The topological polar surface area (TPSA) is 28.7 Å². The summed E-state index contributed by atoms with van der Waals surface area (Å²) in [5, 5.41) is 1.30. The molecule has 3 aromatic rings. The molecule has 0 saturated carbocycles. The number of H-pyrrole nitrogens is 1. The normalized spacial score (nSPS) is 12.7. The minimum atomic E-state index is 0.114. The van der Waals surface area contributed by atoms with Gasteiger partial charge < -0.3 is 4.98 Å². The molecule has 2 heterocycles. The van der Waals surface area contributed by atoms with Crippen LogP contribution >= 0.6 is 0 Å². The van der Waals surface area contributed by atoms with Crippen LogP contribution in [0.5, 0.6) is 0 Å². The van der Waals surface area contributed by atoms with E-state index in [1.807, 2.05) is 0 Å². The summed E-state index contributed by atoms with van der Waals surface area (Å²) in [6, 6.07) is 13.3. The van der Waals surface area contributed by atoms with Crippen LogP contribution in [0.3, 0.4) is 0 Å². The predicted octanol–water partition coefficient (Wildman–Crippen LogP) is 6.78. The van der Waals surface area contributed by atoms with E-state index in [1.54, 1.807) is 0 Å². The highest BCUT2D eigenvalue weighted by Gasteiger charge is 2.20. The fourth-order valence-corrected chi connectivity index (χ4v) is 3.49. The van der Waals surface area contributed by atoms with Crippen LogP contribution in [0, 0.1) is 0 Å². The van der Waals surface area contributed by atoms with Crippen LogP contribution in [0.4, 0.5) is 0 Å². The third-order valence-corrected chi connectivity index (χ3v) is 5.00. The van der Waals surface area contributed by atoms with E-state index in [-0.39, 0.29) is 10.8 Å². The Bertz CT molecular complexity index is 918. The molecule has 0 unspecified atom stereocenters. The third-order valence-electron chi connectivity index (χ3n) is 5.00. The van der Waals surface area contributed by atoms with E-state index in [0.29, 0.717) is 0 Å². The van der Waals surface area contributed by atoms with Gasteiger partial charge in [-0.1, -0.05) is 67.0 Å². The first-order valence-corrected chi connectivity index (χ1v) is 9.73. The van der Waals surface area contributed by atoms with Gasteiger partial charge in [-0.2, -0.15) is 0 Å². The van der Waals surface area contributed by atoms with Crippen molar-refractivity contribution in [3.05, 3.63) is 53.2 Å². The second-order valence-corrected chi connectivity index (χ2v) is 9.43. The van der Waals surface area contributed by atoms with Crippen molar-refractivity contribution in [2.75, 3.05) is 0 Å². The summed E-state index contributed by atoms with van der Waals surface area (Å²) in [4.78, 5) is 8.57. The van der Waals surface area contributed by atoms with Crippen molar-refractivity contribution >= 4 is 10.9 Å². The molecular weight excluding hydrogens is 316 g/mol. The quantitative estimate of drug-likeness (QED) is 0.555. The molecule has 2 heteroatoms. The number of nitrogens with zero attached hydrogens (tertiary/aromatic N) is 1. The van der Waals surface area contributed by atoms with E-state index in [2.05, 4.69) is 89.8 Å². The highest BCUT2D eigenvalue weighted by molar-refractivity contribution is 5.89. The zero-order chi connectivity index (χ0) is 19.1. The zero-order valence-corrected chi connectivity index (χ0v) is 17.3. The van der Waals surface area contributed by atoms with E-state index in [4.69, 9.17) is 4.98 Å². The molecule has 138 valence electrons. The molecular formula is C24H32N2. The molecule has 0 fully saturated rings. The first-order valence-electron chi connectivity index (χ1n) is 9.73. The summed E-state index contributed by atoms with van der Waals surface area (Å²) in [7, 11) is 0. The lowest BCUT2D eigenvalue weighted by atomic mass is 9.85. The minimum Gasteiger partial charge on any atom is -0.353 e. The number of hydrogen-bond donors (Lipinski definition) is 1. The lowest BCUT2D eigenvalue weighted by molar-refractivity contribution is 0.588. The molecule has 26 heavy (non-hydrogen) atoms. The van der Waals surface area contributed by atoms with Crippen molar-refractivity contribution < 1.29 is 0 Å². The zero-order valence-electron chi connectivity index (χ0n) is 17.3. The lowest BCUT2D eigenvalue weighted by Crippen LogP contribution is -2.12. The first-order chi connectivity index (χ1) is 12.1. The Hall–Kier alpha value is -2.09. The van der Waals surface area contributed by atoms with Crippen LogP contribution in [-0.2, 0) is 17.3 Å². The standard InChI is InChI=1S/C24H32N2/c1-8-10-17-13-16(23(2,3)4)14-21(25-17)22-15-18-19(24(5,6)7)11-9-12-20(18)26-22/h9,11-15,26H,8,10H2,1-7H3. The van der Waals surface area contributed by atoms with Gasteiger partial charge in [0.05, 0.1) is 11.4 Å². The van der Waals surface area contributed by atoms with Gasteiger partial charge in [-0.3, -0.25) is 4.98 Å². The number of aryl methyl sites for hydroxylation is 1. The molecule has 1 aromatic carbocycles. The van der Waals surface area contributed by atoms with E-state index in [1.165, 1.54) is 27.7 Å². The number of rotatable bonds is 3. The Morgan fingerprint density at radius 1 is 0.923 bits per heavy atom. The number of nitrogens with one attached hydrogen (secondary N) is 1. The number of benzene rings is 1. The smallest absolute Gasteiger partial charge is 0.0870 e. The van der Waals surface area contributed by atoms with Crippen molar-refractivity contribution in [2.45, 2.75) is 72.1 Å². The number of aromatic amines is 1. The second kappa shape index (κ2) is 6.57. The van der Waals surface area contributed by atoms with E-state index >= 15 is 0 Å². The summed E-state index contributed by atoms with van der Waals surface area (Å²) in [6.45, 7) is 15.8. The van der Waals surface area contributed by atoms with Crippen molar-refractivity contribution in [1.82, 2.24) is 9.97 Å². The molecule has 0 atom stereocenters. The monoisotopic (exact) mass is 348 g/mol. The van der Waals surface area contributed by atoms with Gasteiger partial charge in [-0.05, 0) is 52.6 Å². The maximum atomic E-state index is 4.96. The molecule has 0 saturated heterocycles. The SMILES string of the molecule is CCCc1cc(C(C)(C)C)cc(-c2cc3c(C(C)(C)C)cccc3[nH]2)n1. The molecule has 2 aromatic heterocycles. The Labute approximate surface area is 158 Å². The first kappa shape index (κ1) is 18.7. The van der Waals surface area contributed by atoms with Crippen molar-refractivity contribution in [3.63, 3.8) is 0 Å². The van der Waals surface area contributed by atoms with Crippen LogP contribution in [0.1, 0.15) is 71.7 Å². The fourth-order valence-electron chi connectivity index (χ4n) is 3.49. The number of aromatic nitrogens is 2. The molecule has 2 nitrogen and oxygen atoms in total. The summed E-state index contributed by atoms with van der Waals surface area (Å²) in [5.74, 6) is 0. The van der Waals surface area contributed by atoms with E-state index < -0.39 is 0 Å². The van der Waals surface area contributed by atoms with Gasteiger partial charge in [0, 0.05) is 16.6 Å². The number of fused-ring (bicyclic) bond motifs is 1. The maximum Gasteiger partial charge on any atom is 0.0870 e. The minimum absolute atomic E-state index is 0.114. The van der Waals surface area contributed by atoms with Crippen LogP contribution < -0.4 is 0 Å². The highest BCUT2D eigenvalue weighted by atomic mass is 14.8. The molecule has 3 rings (SSSR count). The molecule has 0 radical (unpaired) electrons. The summed E-state index contributed by atoms with van der Waals surface area (Å²) < 4.78 is 0. The van der Waals surface area contributed by atoms with Crippen molar-refractivity contribution in [3.8, 4) is 11.4 Å². The summed E-state index contributed by atoms with van der Waals surface area (Å²) in [5.41, 5.74) is 7.49. The maximum absolute atomic E-state index is 4.96. The molecule has 1 N–H and O–H groups in total. The van der Waals surface area contributed by atoms with Gasteiger partial charge in [0.15, 0.2) is 0 Å². The van der Waals surface area contributed by atoms with Crippen LogP contribution in [0.15, 0.2) is 36.4 Å². The average molecular weight is 349 g/mol. The lowest BCUT2D eigenvalue weighted by Gasteiger charge is -2.20. The van der Waals surface area contributed by atoms with Gasteiger partial charge in [0.2, 0.25) is 0 Å². The number of hydrogen-bond acceptors (Lipinski definition) is 1. The van der Waals surface area contributed by atoms with Crippen molar-refractivity contribution in [2.24, 2.45) is 0 Å². The van der Waals surface area contributed by atoms with Gasteiger partial charge in [0.1, 0.15) is 0 Å². The highest BCUT2D eigenvalue weighted by Crippen LogP contribution is 2.34. The molecule has 0 aliphatic heterocycles. The van der Waals surface area contributed by atoms with E-state index in [0.717, 1.165) is 24.2 Å². The Morgan fingerprint density at radius 2 is 1.65 bits per heavy atom. The Kier molecular flexibility index (Phi) is 4.72. The fraction of sp³-hybridized carbons (Fsp3) is 0.458. The largest absolute Gasteiger partial charge is 0.353 e. The predicted molar refractivity (Wildman–Crippen MR) is 113 cm³/mol.